The lowest BCUT2D eigenvalue weighted by molar-refractivity contribution is -0.136. The van der Waals surface area contributed by atoms with Crippen LogP contribution in [-0.4, -0.2) is 18.4 Å². The summed E-state index contributed by atoms with van der Waals surface area (Å²) in [5.74, 6) is -1.18. The van der Waals surface area contributed by atoms with Crippen LogP contribution in [0.15, 0.2) is 24.3 Å². The molecule has 0 fully saturated rings. The lowest BCUT2D eigenvalue weighted by atomic mass is 10.1. The van der Waals surface area contributed by atoms with Gasteiger partial charge in [-0.15, -0.1) is 0 Å². The largest absolute Gasteiger partial charge is 0.348 e. The van der Waals surface area contributed by atoms with Crippen molar-refractivity contribution in [2.45, 2.75) is 46.0 Å². The van der Waals surface area contributed by atoms with E-state index in [0.717, 1.165) is 32.1 Å². The van der Waals surface area contributed by atoms with E-state index < -0.39 is 11.8 Å². The molecule has 1 aromatic carbocycles. The Hall–Kier alpha value is -1.84. The molecule has 0 aliphatic rings. The van der Waals surface area contributed by atoms with Gasteiger partial charge in [0.05, 0.1) is 0 Å². The van der Waals surface area contributed by atoms with Crippen LogP contribution < -0.4 is 10.6 Å². The Morgan fingerprint density at radius 1 is 0.950 bits per heavy atom. The first kappa shape index (κ1) is 16.2. The maximum absolute atomic E-state index is 11.6. The summed E-state index contributed by atoms with van der Waals surface area (Å²) in [5.41, 5.74) is 1.90. The van der Waals surface area contributed by atoms with E-state index in [1.54, 1.807) is 0 Å². The summed E-state index contributed by atoms with van der Waals surface area (Å²) >= 11 is 0. The summed E-state index contributed by atoms with van der Waals surface area (Å²) in [5, 5.41) is 5.19. The predicted octanol–water partition coefficient (Wildman–Crippen LogP) is 2.88. The molecule has 0 aliphatic heterocycles. The molecular formula is C16H24N2O2. The normalized spacial score (nSPS) is 10.1. The monoisotopic (exact) mass is 276 g/mol. The Morgan fingerprint density at radius 3 is 2.20 bits per heavy atom. The van der Waals surface area contributed by atoms with E-state index in [4.69, 9.17) is 0 Å². The first-order valence-electron chi connectivity index (χ1n) is 7.35. The number of nitrogens with one attached hydrogen (secondary N) is 2. The fourth-order valence-corrected chi connectivity index (χ4v) is 1.78. The molecule has 0 saturated heterocycles. The molecule has 0 spiro atoms. The van der Waals surface area contributed by atoms with Crippen molar-refractivity contribution >= 4 is 17.5 Å². The molecule has 0 saturated carbocycles. The van der Waals surface area contributed by atoms with Gasteiger partial charge in [0.1, 0.15) is 0 Å². The molecule has 110 valence electrons. The Kier molecular flexibility index (Phi) is 7.40. The zero-order chi connectivity index (χ0) is 14.8. The molecule has 0 bridgehead atoms. The number of hydrogen-bond donors (Lipinski definition) is 2. The minimum absolute atomic E-state index is 0.540. The zero-order valence-electron chi connectivity index (χ0n) is 12.4. The van der Waals surface area contributed by atoms with Crippen molar-refractivity contribution < 1.29 is 9.59 Å². The van der Waals surface area contributed by atoms with Crippen LogP contribution in [0.1, 0.15) is 45.1 Å². The number of anilines is 1. The van der Waals surface area contributed by atoms with Gasteiger partial charge in [0.25, 0.3) is 0 Å². The van der Waals surface area contributed by atoms with Gasteiger partial charge in [-0.05, 0) is 37.0 Å². The van der Waals surface area contributed by atoms with E-state index in [1.165, 1.54) is 5.56 Å². The highest BCUT2D eigenvalue weighted by atomic mass is 16.2. The van der Waals surface area contributed by atoms with Gasteiger partial charge in [-0.2, -0.15) is 0 Å². The molecule has 1 aromatic rings. The van der Waals surface area contributed by atoms with E-state index in [2.05, 4.69) is 17.6 Å². The SMILES string of the molecule is CCCCNC(=O)C(=O)Nc1ccc(CCCC)cc1. The molecular weight excluding hydrogens is 252 g/mol. The van der Waals surface area contributed by atoms with Crippen LogP contribution in [0.5, 0.6) is 0 Å². The fourth-order valence-electron chi connectivity index (χ4n) is 1.78. The molecule has 0 aliphatic carbocycles. The van der Waals surface area contributed by atoms with Crippen LogP contribution in [0.4, 0.5) is 5.69 Å². The number of aryl methyl sites for hydroxylation is 1. The summed E-state index contributed by atoms with van der Waals surface area (Å²) < 4.78 is 0. The van der Waals surface area contributed by atoms with Gasteiger partial charge in [-0.25, -0.2) is 0 Å². The summed E-state index contributed by atoms with van der Waals surface area (Å²) in [6, 6.07) is 7.64. The highest BCUT2D eigenvalue weighted by Crippen LogP contribution is 2.11. The maximum atomic E-state index is 11.6. The van der Waals surface area contributed by atoms with Crippen molar-refractivity contribution in [3.63, 3.8) is 0 Å². The Balaban J connectivity index is 2.43. The Morgan fingerprint density at radius 2 is 1.60 bits per heavy atom. The number of hydrogen-bond acceptors (Lipinski definition) is 2. The second-order valence-corrected chi connectivity index (χ2v) is 4.86. The molecule has 0 atom stereocenters. The van der Waals surface area contributed by atoms with Gasteiger partial charge < -0.3 is 10.6 Å². The third-order valence-corrected chi connectivity index (χ3v) is 3.05. The number of carbonyl (C=O) groups excluding carboxylic acids is 2. The maximum Gasteiger partial charge on any atom is 0.313 e. The number of rotatable bonds is 7. The summed E-state index contributed by atoms with van der Waals surface area (Å²) in [6.07, 6.45) is 5.23. The lowest BCUT2D eigenvalue weighted by Gasteiger charge is -2.07. The van der Waals surface area contributed by atoms with Crippen molar-refractivity contribution in [1.82, 2.24) is 5.32 Å². The Labute approximate surface area is 121 Å². The van der Waals surface area contributed by atoms with Gasteiger partial charge in [0.15, 0.2) is 0 Å². The second kappa shape index (κ2) is 9.13. The average Bonchev–Trinajstić information content (AvgIpc) is 2.46. The first-order chi connectivity index (χ1) is 9.67. The smallest absolute Gasteiger partial charge is 0.313 e. The highest BCUT2D eigenvalue weighted by Gasteiger charge is 2.12. The second-order valence-electron chi connectivity index (χ2n) is 4.86. The van der Waals surface area contributed by atoms with Crippen LogP contribution in [0.2, 0.25) is 0 Å². The summed E-state index contributed by atoms with van der Waals surface area (Å²) in [7, 11) is 0. The van der Waals surface area contributed by atoms with Crippen LogP contribution in [0, 0.1) is 0 Å². The molecule has 0 unspecified atom stereocenters. The van der Waals surface area contributed by atoms with Crippen molar-refractivity contribution in [1.29, 1.82) is 0 Å². The van der Waals surface area contributed by atoms with Crippen LogP contribution in [-0.2, 0) is 16.0 Å². The van der Waals surface area contributed by atoms with Gasteiger partial charge >= 0.3 is 11.8 Å². The first-order valence-corrected chi connectivity index (χ1v) is 7.35. The molecule has 0 radical (unpaired) electrons. The zero-order valence-corrected chi connectivity index (χ0v) is 12.4. The van der Waals surface area contributed by atoms with E-state index in [9.17, 15) is 9.59 Å². The molecule has 2 N–H and O–H groups in total. The molecule has 0 heterocycles. The quantitative estimate of drug-likeness (QED) is 0.594. The minimum Gasteiger partial charge on any atom is -0.348 e. The molecule has 4 heteroatoms. The lowest BCUT2D eigenvalue weighted by Crippen LogP contribution is -2.35. The number of carbonyl (C=O) groups is 2. The van der Waals surface area contributed by atoms with Gasteiger partial charge in [-0.3, -0.25) is 9.59 Å². The third kappa shape index (κ3) is 5.87. The summed E-state index contributed by atoms with van der Waals surface area (Å²) in [4.78, 5) is 23.1. The highest BCUT2D eigenvalue weighted by molar-refractivity contribution is 6.39. The van der Waals surface area contributed by atoms with E-state index >= 15 is 0 Å². The van der Waals surface area contributed by atoms with E-state index in [-0.39, 0.29) is 0 Å². The fraction of sp³-hybridized carbons (Fsp3) is 0.500. The van der Waals surface area contributed by atoms with Crippen LogP contribution in [0.25, 0.3) is 0 Å². The standard InChI is InChI=1S/C16H24N2O2/c1-3-5-7-13-8-10-14(11-9-13)18-16(20)15(19)17-12-6-4-2/h8-11H,3-7,12H2,1-2H3,(H,17,19)(H,18,20). The molecule has 4 nitrogen and oxygen atoms in total. The summed E-state index contributed by atoms with van der Waals surface area (Å²) in [6.45, 7) is 4.73. The van der Waals surface area contributed by atoms with Crippen molar-refractivity contribution in [2.24, 2.45) is 0 Å². The van der Waals surface area contributed by atoms with Gasteiger partial charge in [0.2, 0.25) is 0 Å². The van der Waals surface area contributed by atoms with Gasteiger partial charge in [0, 0.05) is 12.2 Å². The van der Waals surface area contributed by atoms with Crippen LogP contribution in [0.3, 0.4) is 0 Å². The van der Waals surface area contributed by atoms with Crippen LogP contribution >= 0.6 is 0 Å². The molecule has 20 heavy (non-hydrogen) atoms. The number of benzene rings is 1. The van der Waals surface area contributed by atoms with E-state index in [0.29, 0.717) is 12.2 Å². The number of unbranched alkanes of at least 4 members (excludes halogenated alkanes) is 2. The van der Waals surface area contributed by atoms with Crippen molar-refractivity contribution in [3.8, 4) is 0 Å². The van der Waals surface area contributed by atoms with Crippen molar-refractivity contribution in [3.05, 3.63) is 29.8 Å². The van der Waals surface area contributed by atoms with Crippen molar-refractivity contribution in [2.75, 3.05) is 11.9 Å². The predicted molar refractivity (Wildman–Crippen MR) is 81.6 cm³/mol. The third-order valence-electron chi connectivity index (χ3n) is 3.05. The average molecular weight is 276 g/mol. The topological polar surface area (TPSA) is 58.2 Å². The molecule has 0 aromatic heterocycles. The number of amides is 2. The van der Waals surface area contributed by atoms with Gasteiger partial charge in [-0.1, -0.05) is 38.8 Å². The van der Waals surface area contributed by atoms with E-state index in [1.807, 2.05) is 31.2 Å². The molecule has 2 amide bonds. The Bertz CT molecular complexity index is 427. The minimum atomic E-state index is -0.609. The molecule has 1 rings (SSSR count).